The van der Waals surface area contributed by atoms with Crippen LogP contribution in [-0.2, 0) is 10.8 Å². The molecule has 1 aliphatic rings. The van der Waals surface area contributed by atoms with E-state index in [0.717, 1.165) is 30.0 Å². The van der Waals surface area contributed by atoms with E-state index in [9.17, 15) is 4.21 Å². The lowest BCUT2D eigenvalue weighted by Gasteiger charge is -2.24. The van der Waals surface area contributed by atoms with Gasteiger partial charge in [0, 0.05) is 27.3 Å². The van der Waals surface area contributed by atoms with Crippen LogP contribution in [0.25, 0.3) is 0 Å². The Hall–Kier alpha value is -1.07. The monoisotopic (exact) mass is 311 g/mol. The molecule has 0 saturated heterocycles. The summed E-state index contributed by atoms with van der Waals surface area (Å²) in [7, 11) is -0.904. The van der Waals surface area contributed by atoms with Gasteiger partial charge in [0.15, 0.2) is 11.5 Å². The van der Waals surface area contributed by atoms with Crippen LogP contribution in [0.5, 0.6) is 11.5 Å². The molecule has 0 spiro atoms. The van der Waals surface area contributed by atoms with Gasteiger partial charge in [-0.2, -0.15) is 0 Å². The fraction of sp³-hybridized carbons (Fsp3) is 0.625. The smallest absolute Gasteiger partial charge is 0.231 e. The molecule has 1 heterocycles. The highest BCUT2D eigenvalue weighted by atomic mass is 32.2. The van der Waals surface area contributed by atoms with E-state index in [1.807, 2.05) is 39.0 Å². The molecule has 21 heavy (non-hydrogen) atoms. The van der Waals surface area contributed by atoms with Crippen LogP contribution in [0.3, 0.4) is 0 Å². The van der Waals surface area contributed by atoms with Crippen molar-refractivity contribution in [3.8, 4) is 11.5 Å². The van der Waals surface area contributed by atoms with Gasteiger partial charge in [0.25, 0.3) is 0 Å². The molecular formula is C16H25NO3S. The Balaban J connectivity index is 2.17. The van der Waals surface area contributed by atoms with Crippen molar-refractivity contribution in [1.82, 2.24) is 5.32 Å². The molecule has 0 fully saturated rings. The van der Waals surface area contributed by atoms with Gasteiger partial charge in [-0.05, 0) is 51.4 Å². The third-order valence-corrected chi connectivity index (χ3v) is 5.44. The van der Waals surface area contributed by atoms with Crippen molar-refractivity contribution >= 4 is 10.8 Å². The van der Waals surface area contributed by atoms with Gasteiger partial charge in [0.2, 0.25) is 6.79 Å². The number of benzene rings is 1. The molecule has 1 aromatic rings. The number of hydrogen-bond acceptors (Lipinski definition) is 4. The van der Waals surface area contributed by atoms with E-state index in [1.54, 1.807) is 0 Å². The van der Waals surface area contributed by atoms with Crippen LogP contribution in [0.15, 0.2) is 18.2 Å². The Bertz CT molecular complexity index is 511. The topological polar surface area (TPSA) is 47.6 Å². The fourth-order valence-corrected chi connectivity index (χ4v) is 3.24. The quantitative estimate of drug-likeness (QED) is 0.877. The standard InChI is InChI=1S/C16H25NO3S/c1-5-8-17-13(10-21(18)16(2,3)4)12-6-7-14-15(9-12)20-11-19-14/h6-7,9,13,17H,5,8,10-11H2,1-4H3. The lowest BCUT2D eigenvalue weighted by atomic mass is 10.1. The lowest BCUT2D eigenvalue weighted by molar-refractivity contribution is 0.174. The molecule has 0 bridgehead atoms. The summed E-state index contributed by atoms with van der Waals surface area (Å²) in [6, 6.07) is 6.02. The first-order valence-corrected chi connectivity index (χ1v) is 8.75. The molecular weight excluding hydrogens is 286 g/mol. The summed E-state index contributed by atoms with van der Waals surface area (Å²) in [5, 5.41) is 3.49. The van der Waals surface area contributed by atoms with E-state index in [4.69, 9.17) is 9.47 Å². The Kier molecular flexibility index (Phi) is 5.27. The third kappa shape index (κ3) is 4.20. The summed E-state index contributed by atoms with van der Waals surface area (Å²) in [6.07, 6.45) is 1.04. The van der Waals surface area contributed by atoms with Crippen LogP contribution < -0.4 is 14.8 Å². The van der Waals surface area contributed by atoms with Crippen LogP contribution in [0.4, 0.5) is 0 Å². The van der Waals surface area contributed by atoms with Crippen molar-refractivity contribution in [3.63, 3.8) is 0 Å². The Morgan fingerprint density at radius 3 is 2.67 bits per heavy atom. The second kappa shape index (κ2) is 6.79. The minimum atomic E-state index is -0.904. The minimum Gasteiger partial charge on any atom is -0.454 e. The third-order valence-electron chi connectivity index (χ3n) is 3.44. The first-order valence-electron chi connectivity index (χ1n) is 7.43. The average molecular weight is 311 g/mol. The maximum Gasteiger partial charge on any atom is 0.231 e. The molecule has 1 N–H and O–H groups in total. The predicted molar refractivity (Wildman–Crippen MR) is 86.4 cm³/mol. The lowest BCUT2D eigenvalue weighted by Crippen LogP contribution is -2.33. The van der Waals surface area contributed by atoms with Crippen molar-refractivity contribution < 1.29 is 13.7 Å². The van der Waals surface area contributed by atoms with Gasteiger partial charge in [-0.3, -0.25) is 4.21 Å². The van der Waals surface area contributed by atoms with E-state index in [-0.39, 0.29) is 17.6 Å². The molecule has 2 atom stereocenters. The summed E-state index contributed by atoms with van der Waals surface area (Å²) in [6.45, 7) is 9.35. The highest BCUT2D eigenvalue weighted by Crippen LogP contribution is 2.34. The molecule has 2 rings (SSSR count). The van der Waals surface area contributed by atoms with E-state index in [2.05, 4.69) is 12.2 Å². The fourth-order valence-electron chi connectivity index (χ4n) is 2.12. The molecule has 1 aliphatic heterocycles. The van der Waals surface area contributed by atoms with E-state index >= 15 is 0 Å². The van der Waals surface area contributed by atoms with Gasteiger partial charge < -0.3 is 14.8 Å². The maximum atomic E-state index is 12.5. The second-order valence-corrected chi connectivity index (χ2v) is 8.49. The Labute approximate surface area is 129 Å². The van der Waals surface area contributed by atoms with Crippen LogP contribution >= 0.6 is 0 Å². The van der Waals surface area contributed by atoms with Crippen molar-refractivity contribution in [2.24, 2.45) is 0 Å². The van der Waals surface area contributed by atoms with E-state index < -0.39 is 10.8 Å². The first-order chi connectivity index (χ1) is 9.91. The predicted octanol–water partition coefficient (Wildman–Crippen LogP) is 3.00. The van der Waals surface area contributed by atoms with Gasteiger partial charge in [0.05, 0.1) is 0 Å². The van der Waals surface area contributed by atoms with Crippen molar-refractivity contribution in [3.05, 3.63) is 23.8 Å². The van der Waals surface area contributed by atoms with E-state index in [0.29, 0.717) is 5.75 Å². The summed E-state index contributed by atoms with van der Waals surface area (Å²) < 4.78 is 23.0. The number of nitrogens with one attached hydrogen (secondary N) is 1. The SMILES string of the molecule is CCCNC(CS(=O)C(C)(C)C)c1ccc2c(c1)OCO2. The molecule has 0 saturated carbocycles. The van der Waals surface area contributed by atoms with Crippen LogP contribution in [0.2, 0.25) is 0 Å². The molecule has 0 aromatic heterocycles. The largest absolute Gasteiger partial charge is 0.454 e. The van der Waals surface area contributed by atoms with E-state index in [1.165, 1.54) is 0 Å². The van der Waals surface area contributed by atoms with Crippen LogP contribution in [0.1, 0.15) is 45.7 Å². The molecule has 1 aromatic carbocycles. The second-order valence-electron chi connectivity index (χ2n) is 6.24. The summed E-state index contributed by atoms with van der Waals surface area (Å²) in [5.74, 6) is 2.16. The Morgan fingerprint density at radius 2 is 2.00 bits per heavy atom. The van der Waals surface area contributed by atoms with Gasteiger partial charge >= 0.3 is 0 Å². The van der Waals surface area contributed by atoms with Gasteiger partial charge in [-0.25, -0.2) is 0 Å². The van der Waals surface area contributed by atoms with Gasteiger partial charge in [-0.1, -0.05) is 13.0 Å². The molecule has 0 radical (unpaired) electrons. The molecule has 5 heteroatoms. The molecule has 118 valence electrons. The summed E-state index contributed by atoms with van der Waals surface area (Å²) in [5.41, 5.74) is 1.10. The van der Waals surface area contributed by atoms with Crippen LogP contribution in [0, 0.1) is 0 Å². The molecule has 0 aliphatic carbocycles. The average Bonchev–Trinajstić information content (AvgIpc) is 2.89. The van der Waals surface area contributed by atoms with Crippen molar-refractivity contribution in [2.45, 2.75) is 44.9 Å². The number of ether oxygens (including phenoxy) is 2. The number of rotatable bonds is 6. The number of hydrogen-bond donors (Lipinski definition) is 1. The van der Waals surface area contributed by atoms with Gasteiger partial charge in [0.1, 0.15) is 0 Å². The zero-order valence-electron chi connectivity index (χ0n) is 13.3. The van der Waals surface area contributed by atoms with Crippen molar-refractivity contribution in [1.29, 1.82) is 0 Å². The van der Waals surface area contributed by atoms with Crippen LogP contribution in [-0.4, -0.2) is 28.0 Å². The zero-order valence-corrected chi connectivity index (χ0v) is 14.1. The molecule has 0 amide bonds. The number of fused-ring (bicyclic) bond motifs is 1. The summed E-state index contributed by atoms with van der Waals surface area (Å²) >= 11 is 0. The highest BCUT2D eigenvalue weighted by molar-refractivity contribution is 7.86. The zero-order chi connectivity index (χ0) is 15.5. The Morgan fingerprint density at radius 1 is 1.29 bits per heavy atom. The first kappa shape index (κ1) is 16.3. The van der Waals surface area contributed by atoms with Crippen molar-refractivity contribution in [2.75, 3.05) is 19.1 Å². The maximum absolute atomic E-state index is 12.5. The summed E-state index contributed by atoms with van der Waals surface area (Å²) in [4.78, 5) is 0. The van der Waals surface area contributed by atoms with Gasteiger partial charge in [-0.15, -0.1) is 0 Å². The molecule has 2 unspecified atom stereocenters. The molecule has 4 nitrogen and oxygen atoms in total. The highest BCUT2D eigenvalue weighted by Gasteiger charge is 2.25. The normalized spacial score (nSPS) is 16.8. The minimum absolute atomic E-state index is 0.0690.